The molecule has 0 N–H and O–H groups in total. The molecule has 1 heterocycles. The zero-order valence-electron chi connectivity index (χ0n) is 11.8. The van der Waals surface area contributed by atoms with Crippen LogP contribution in [0.15, 0.2) is 24.3 Å². The number of hydrogen-bond donors (Lipinski definition) is 0. The average molecular weight is 315 g/mol. The van der Waals surface area contributed by atoms with Crippen LogP contribution in [-0.2, 0) is 0 Å². The Labute approximate surface area is 128 Å². The summed E-state index contributed by atoms with van der Waals surface area (Å²) in [4.78, 5) is 46.6. The third-order valence-electron chi connectivity index (χ3n) is 3.78. The van der Waals surface area contributed by atoms with Crippen molar-refractivity contribution in [2.45, 2.75) is 6.92 Å². The fourth-order valence-electron chi connectivity index (χ4n) is 2.79. The van der Waals surface area contributed by atoms with Gasteiger partial charge < -0.3 is 0 Å². The topological polar surface area (TPSA) is 124 Å². The van der Waals surface area contributed by atoms with Gasteiger partial charge in [-0.15, -0.1) is 0 Å². The second-order valence-corrected chi connectivity index (χ2v) is 4.88. The molecule has 2 aromatic carbocycles. The predicted molar refractivity (Wildman–Crippen MR) is 78.3 cm³/mol. The van der Waals surface area contributed by atoms with E-state index in [4.69, 9.17) is 0 Å². The smallest absolute Gasteiger partial charge is 0.275 e. The molecule has 9 nitrogen and oxygen atoms in total. The Morgan fingerprint density at radius 3 is 1.65 bits per heavy atom. The van der Waals surface area contributed by atoms with E-state index in [1.807, 2.05) is 0 Å². The summed E-state index contributed by atoms with van der Waals surface area (Å²) in [5, 5.41) is 22.1. The van der Waals surface area contributed by atoms with Crippen molar-refractivity contribution in [1.82, 2.24) is 4.90 Å². The Bertz CT molecular complexity index is 852. The summed E-state index contributed by atoms with van der Waals surface area (Å²) in [6.07, 6.45) is 0. The van der Waals surface area contributed by atoms with Gasteiger partial charge in [0.15, 0.2) is 0 Å². The maximum atomic E-state index is 12.4. The van der Waals surface area contributed by atoms with Crippen molar-refractivity contribution in [3.63, 3.8) is 0 Å². The zero-order valence-corrected chi connectivity index (χ0v) is 11.8. The summed E-state index contributed by atoms with van der Waals surface area (Å²) < 4.78 is 0. The van der Waals surface area contributed by atoms with Crippen LogP contribution < -0.4 is 0 Å². The van der Waals surface area contributed by atoms with Gasteiger partial charge in [-0.25, -0.2) is 0 Å². The molecule has 0 spiro atoms. The lowest BCUT2D eigenvalue weighted by Gasteiger charge is -2.25. The van der Waals surface area contributed by atoms with Crippen molar-refractivity contribution >= 4 is 34.0 Å². The lowest BCUT2D eigenvalue weighted by Crippen LogP contribution is -2.40. The molecule has 3 rings (SSSR count). The highest BCUT2D eigenvalue weighted by Crippen LogP contribution is 2.40. The van der Waals surface area contributed by atoms with Crippen LogP contribution in [0.4, 0.5) is 11.4 Å². The van der Waals surface area contributed by atoms with Gasteiger partial charge in [-0.2, -0.15) is 0 Å². The maximum absolute atomic E-state index is 12.4. The van der Waals surface area contributed by atoms with E-state index in [-0.39, 0.29) is 28.4 Å². The minimum atomic E-state index is -0.767. The molecule has 0 unspecified atom stereocenters. The van der Waals surface area contributed by atoms with E-state index in [0.717, 1.165) is 17.0 Å². The Morgan fingerprint density at radius 1 is 0.870 bits per heavy atom. The van der Waals surface area contributed by atoms with Gasteiger partial charge in [0.05, 0.1) is 9.85 Å². The van der Waals surface area contributed by atoms with Gasteiger partial charge in [0.1, 0.15) is 5.39 Å². The van der Waals surface area contributed by atoms with E-state index in [9.17, 15) is 29.8 Å². The Hall–Kier alpha value is -3.36. The quantitative estimate of drug-likeness (QED) is 0.486. The summed E-state index contributed by atoms with van der Waals surface area (Å²) in [7, 11) is 0. The lowest BCUT2D eigenvalue weighted by atomic mass is 9.92. The zero-order chi connectivity index (χ0) is 16.9. The van der Waals surface area contributed by atoms with Crippen LogP contribution in [0.5, 0.6) is 0 Å². The van der Waals surface area contributed by atoms with Crippen molar-refractivity contribution in [2.24, 2.45) is 0 Å². The molecule has 2 amide bonds. The normalized spacial score (nSPS) is 13.5. The number of imide groups is 1. The van der Waals surface area contributed by atoms with E-state index < -0.39 is 33.0 Å². The summed E-state index contributed by atoms with van der Waals surface area (Å²) in [6.45, 7) is 1.75. The molecule has 0 atom stereocenters. The number of nitrogens with zero attached hydrogens (tertiary/aromatic N) is 3. The number of rotatable bonds is 3. The van der Waals surface area contributed by atoms with Gasteiger partial charge >= 0.3 is 0 Å². The van der Waals surface area contributed by atoms with Crippen LogP contribution in [0, 0.1) is 20.2 Å². The first-order valence-electron chi connectivity index (χ1n) is 6.63. The molecule has 0 saturated heterocycles. The summed E-state index contributed by atoms with van der Waals surface area (Å²) in [6, 6.07) is 4.56. The highest BCUT2D eigenvalue weighted by molar-refractivity contribution is 6.27. The standard InChI is InChI=1S/C14H9N3O6/c1-2-15-13(18)7-3-5-9(16(20)21)12-10(17(22)23)6-4-8(11(7)12)14(15)19/h3-6H,2H2,1H3. The van der Waals surface area contributed by atoms with E-state index in [0.29, 0.717) is 0 Å². The molecule has 0 saturated carbocycles. The molecule has 0 bridgehead atoms. The number of hydrogen-bond acceptors (Lipinski definition) is 6. The van der Waals surface area contributed by atoms with Crippen LogP contribution in [-0.4, -0.2) is 33.1 Å². The van der Waals surface area contributed by atoms with Crippen molar-refractivity contribution < 1.29 is 19.4 Å². The molecular formula is C14H9N3O6. The Balaban J connectivity index is 2.54. The molecule has 0 aliphatic carbocycles. The molecule has 1 aliphatic heterocycles. The van der Waals surface area contributed by atoms with E-state index in [1.165, 1.54) is 12.1 Å². The first-order chi connectivity index (χ1) is 10.9. The fraction of sp³-hybridized carbons (Fsp3) is 0.143. The summed E-state index contributed by atoms with van der Waals surface area (Å²) >= 11 is 0. The number of amides is 2. The SMILES string of the molecule is CCN1C(=O)c2ccc([N+](=O)[O-])c3c([N+](=O)[O-])ccc(c23)C1=O. The number of nitro groups is 2. The van der Waals surface area contributed by atoms with Crippen molar-refractivity contribution in [2.75, 3.05) is 6.54 Å². The van der Waals surface area contributed by atoms with Gasteiger partial charge in [0, 0.05) is 35.2 Å². The minimum absolute atomic E-state index is 0.0342. The summed E-state index contributed by atoms with van der Waals surface area (Å²) in [5.41, 5.74) is -0.929. The molecule has 9 heteroatoms. The van der Waals surface area contributed by atoms with Gasteiger partial charge in [-0.1, -0.05) is 0 Å². The van der Waals surface area contributed by atoms with Crippen molar-refractivity contribution in [3.8, 4) is 0 Å². The van der Waals surface area contributed by atoms with E-state index in [2.05, 4.69) is 0 Å². The van der Waals surface area contributed by atoms with Gasteiger partial charge in [-0.3, -0.25) is 34.7 Å². The van der Waals surface area contributed by atoms with Crippen LogP contribution in [0.2, 0.25) is 0 Å². The third kappa shape index (κ3) is 1.86. The van der Waals surface area contributed by atoms with Crippen LogP contribution in [0.3, 0.4) is 0 Å². The van der Waals surface area contributed by atoms with Gasteiger partial charge in [0.2, 0.25) is 0 Å². The largest absolute Gasteiger partial charge is 0.284 e. The summed E-state index contributed by atoms with van der Waals surface area (Å²) in [5.74, 6) is -1.24. The maximum Gasteiger partial charge on any atom is 0.284 e. The van der Waals surface area contributed by atoms with Gasteiger partial charge in [0.25, 0.3) is 23.2 Å². The Kier molecular flexibility index (Phi) is 3.06. The van der Waals surface area contributed by atoms with E-state index in [1.54, 1.807) is 6.92 Å². The second kappa shape index (κ2) is 4.83. The second-order valence-electron chi connectivity index (χ2n) is 4.88. The molecule has 0 fully saturated rings. The molecule has 2 aromatic rings. The highest BCUT2D eigenvalue weighted by Gasteiger charge is 2.36. The molecule has 116 valence electrons. The van der Waals surface area contributed by atoms with Crippen molar-refractivity contribution in [1.29, 1.82) is 0 Å². The average Bonchev–Trinajstić information content (AvgIpc) is 2.51. The number of non-ortho nitro benzene ring substituents is 2. The van der Waals surface area contributed by atoms with Crippen LogP contribution in [0.25, 0.3) is 10.8 Å². The number of carbonyl (C=O) groups is 2. The molecular weight excluding hydrogens is 306 g/mol. The molecule has 23 heavy (non-hydrogen) atoms. The first-order valence-corrected chi connectivity index (χ1v) is 6.63. The molecule has 0 radical (unpaired) electrons. The van der Waals surface area contributed by atoms with Crippen LogP contribution in [0.1, 0.15) is 27.6 Å². The Morgan fingerprint density at radius 2 is 1.30 bits per heavy atom. The van der Waals surface area contributed by atoms with Crippen LogP contribution >= 0.6 is 0 Å². The number of nitro benzene ring substituents is 2. The van der Waals surface area contributed by atoms with E-state index >= 15 is 0 Å². The molecule has 0 aromatic heterocycles. The fourth-order valence-corrected chi connectivity index (χ4v) is 2.79. The predicted octanol–water partition coefficient (Wildman–Crippen LogP) is 2.27. The van der Waals surface area contributed by atoms with Crippen molar-refractivity contribution in [3.05, 3.63) is 55.6 Å². The van der Waals surface area contributed by atoms with Gasteiger partial charge in [-0.05, 0) is 19.1 Å². The highest BCUT2D eigenvalue weighted by atomic mass is 16.6. The minimum Gasteiger partial charge on any atom is -0.275 e. The monoisotopic (exact) mass is 315 g/mol. The lowest BCUT2D eigenvalue weighted by molar-refractivity contribution is -0.390. The number of benzene rings is 2. The first kappa shape index (κ1) is 14.6. The third-order valence-corrected chi connectivity index (χ3v) is 3.78. The molecule has 1 aliphatic rings. The number of carbonyl (C=O) groups excluding carboxylic acids is 2.